The van der Waals surface area contributed by atoms with Crippen molar-refractivity contribution in [2.75, 3.05) is 0 Å². The first kappa shape index (κ1) is 22.8. The molecule has 0 unspecified atom stereocenters. The topological polar surface area (TPSA) is 96.1 Å². The highest BCUT2D eigenvalue weighted by Gasteiger charge is 2.42. The van der Waals surface area contributed by atoms with Crippen LogP contribution < -0.4 is 21.3 Å². The lowest BCUT2D eigenvalue weighted by Gasteiger charge is -2.24. The molecule has 0 bridgehead atoms. The molecule has 2 fully saturated rings. The molecule has 2 aliphatic carbocycles. The second kappa shape index (κ2) is 9.98. The fourth-order valence-corrected chi connectivity index (χ4v) is 4.27. The van der Waals surface area contributed by atoms with Gasteiger partial charge >= 0.3 is 6.09 Å². The summed E-state index contributed by atoms with van der Waals surface area (Å²) in [6, 6.07) is 0.240. The number of fused-ring (bicyclic) bond motifs is 1. The third-order valence-corrected chi connectivity index (χ3v) is 5.99. The summed E-state index contributed by atoms with van der Waals surface area (Å²) < 4.78 is 5.11. The highest BCUT2D eigenvalue weighted by atomic mass is 16.6. The van der Waals surface area contributed by atoms with E-state index in [1.165, 1.54) is 19.3 Å². The monoisotopic (exact) mass is 426 g/mol. The number of hydrogen-bond acceptors (Lipinski definition) is 4. The van der Waals surface area contributed by atoms with Crippen molar-refractivity contribution >= 4 is 24.2 Å². The molecule has 3 aliphatic rings. The van der Waals surface area contributed by atoms with Crippen molar-refractivity contribution in [3.63, 3.8) is 0 Å². The van der Waals surface area contributed by atoms with Gasteiger partial charge in [0.2, 0.25) is 0 Å². The number of H-pyrrole nitrogens is 1. The van der Waals surface area contributed by atoms with Gasteiger partial charge in [-0.05, 0) is 52.0 Å². The van der Waals surface area contributed by atoms with Crippen molar-refractivity contribution in [3.05, 3.63) is 40.8 Å². The summed E-state index contributed by atoms with van der Waals surface area (Å²) in [5, 5.41) is 7.75. The van der Waals surface area contributed by atoms with E-state index in [0.717, 1.165) is 42.0 Å². The summed E-state index contributed by atoms with van der Waals surface area (Å²) in [6.45, 7) is 9.36. The number of allylic oxidation sites excluding steroid dienone is 1. The van der Waals surface area contributed by atoms with Gasteiger partial charge in [-0.2, -0.15) is 0 Å². The Labute approximate surface area is 183 Å². The number of imidazole rings is 1. The Morgan fingerprint density at radius 2 is 1.97 bits per heavy atom. The Bertz CT molecular complexity index is 934. The Balaban J connectivity index is 0.000000187. The highest BCUT2D eigenvalue weighted by Crippen LogP contribution is 2.26. The second-order valence-corrected chi connectivity index (χ2v) is 8.74. The Hall–Kier alpha value is -2.83. The quantitative estimate of drug-likeness (QED) is 0.645. The van der Waals surface area contributed by atoms with Gasteiger partial charge < -0.3 is 20.4 Å². The minimum absolute atomic E-state index is 0.0573. The van der Waals surface area contributed by atoms with Crippen LogP contribution in [0.3, 0.4) is 0 Å². The summed E-state index contributed by atoms with van der Waals surface area (Å²) in [5.74, 6) is 0.401. The maximum atomic E-state index is 12.1. The van der Waals surface area contributed by atoms with Gasteiger partial charge in [0.25, 0.3) is 5.91 Å². The molecule has 2 amide bonds. The second-order valence-electron chi connectivity index (χ2n) is 8.74. The van der Waals surface area contributed by atoms with E-state index in [9.17, 15) is 9.59 Å². The molecule has 1 atom stereocenters. The van der Waals surface area contributed by atoms with Crippen LogP contribution in [0.5, 0.6) is 0 Å². The number of cyclic esters (lactones) is 1. The summed E-state index contributed by atoms with van der Waals surface area (Å²) in [4.78, 5) is 30.6. The maximum Gasteiger partial charge on any atom is 0.408 e. The summed E-state index contributed by atoms with van der Waals surface area (Å²) in [5.41, 5.74) is 0.489. The van der Waals surface area contributed by atoms with Crippen LogP contribution in [0.2, 0.25) is 0 Å². The van der Waals surface area contributed by atoms with Crippen LogP contribution >= 0.6 is 0 Å². The Morgan fingerprint density at radius 3 is 2.55 bits per heavy atom. The molecule has 1 aliphatic heterocycles. The average molecular weight is 427 g/mol. The van der Waals surface area contributed by atoms with Crippen LogP contribution in [0, 0.1) is 0 Å². The summed E-state index contributed by atoms with van der Waals surface area (Å²) in [6.07, 6.45) is 15.5. The number of ether oxygens (including phenoxy) is 1. The predicted molar refractivity (Wildman–Crippen MR) is 122 cm³/mol. The van der Waals surface area contributed by atoms with E-state index >= 15 is 0 Å². The number of nitrogens with one attached hydrogen (secondary N) is 3. The van der Waals surface area contributed by atoms with E-state index in [1.807, 2.05) is 26.8 Å². The highest BCUT2D eigenvalue weighted by molar-refractivity contribution is 5.90. The lowest BCUT2D eigenvalue weighted by molar-refractivity contribution is 0.0751. The van der Waals surface area contributed by atoms with Gasteiger partial charge in [-0.1, -0.05) is 50.1 Å². The van der Waals surface area contributed by atoms with E-state index in [0.29, 0.717) is 11.9 Å². The molecule has 168 valence electrons. The van der Waals surface area contributed by atoms with Crippen LogP contribution in [0.15, 0.2) is 24.3 Å². The maximum absolute atomic E-state index is 12.1. The number of aromatic nitrogens is 2. The van der Waals surface area contributed by atoms with E-state index in [-0.39, 0.29) is 18.0 Å². The van der Waals surface area contributed by atoms with Crippen LogP contribution in [-0.4, -0.2) is 39.7 Å². The van der Waals surface area contributed by atoms with Crippen LogP contribution in [0.1, 0.15) is 76.3 Å². The fourth-order valence-electron chi connectivity index (χ4n) is 4.27. The molecular formula is C24H34N4O3. The summed E-state index contributed by atoms with van der Waals surface area (Å²) in [7, 11) is 0. The normalized spacial score (nSPS) is 22.5. The number of hydrogen-bond donors (Lipinski definition) is 3. The largest absolute Gasteiger partial charge is 0.441 e. The average Bonchev–Trinajstić information content (AvgIpc) is 3.30. The first-order valence-electron chi connectivity index (χ1n) is 11.2. The van der Waals surface area contributed by atoms with Gasteiger partial charge in [0.05, 0.1) is 16.7 Å². The molecular weight excluding hydrogens is 392 g/mol. The molecule has 3 N–H and O–H groups in total. The molecule has 1 aromatic heterocycles. The van der Waals surface area contributed by atoms with Crippen molar-refractivity contribution in [2.45, 2.75) is 83.4 Å². The van der Waals surface area contributed by atoms with Crippen LogP contribution in [0.25, 0.3) is 12.2 Å². The molecule has 1 saturated heterocycles. The number of alkyl carbamates (subject to hydrolysis) is 1. The zero-order valence-corrected chi connectivity index (χ0v) is 18.8. The van der Waals surface area contributed by atoms with Gasteiger partial charge in [0.1, 0.15) is 5.60 Å². The van der Waals surface area contributed by atoms with Crippen molar-refractivity contribution in [2.24, 2.45) is 0 Å². The standard InChI is InChI=1S/C14H19N3O.C10H15NO2/c18-14(15-10-6-2-1-3-7-10)13-16-11-8-4-5-9-12(11)17-13;1-5-7(6-2)8-10(3,4)13-9(12)11-8/h8-10H,1-7H2,(H,15,18)(H,16,17);5-6,8H,1H2,2-4H3,(H,11,12)/b;7-6+/t;8-/m.0/s1. The SMILES string of the molecule is C=C/C(=C\C)[C@@H]1NC(=O)OC1(C)C.O=C(NC1CCCCC1)c1nc2c([nH]1)=CCCC=2. The van der Waals surface area contributed by atoms with Crippen LogP contribution in [-0.2, 0) is 4.74 Å². The zero-order chi connectivity index (χ0) is 22.4. The number of rotatable bonds is 4. The van der Waals surface area contributed by atoms with Crippen molar-refractivity contribution in [1.29, 1.82) is 0 Å². The van der Waals surface area contributed by atoms with E-state index in [1.54, 1.807) is 6.08 Å². The van der Waals surface area contributed by atoms with E-state index in [2.05, 4.69) is 39.3 Å². The van der Waals surface area contributed by atoms with E-state index < -0.39 is 5.60 Å². The molecule has 0 radical (unpaired) electrons. The van der Waals surface area contributed by atoms with Gasteiger partial charge in [-0.3, -0.25) is 4.79 Å². The number of aromatic amines is 1. The molecule has 0 spiro atoms. The number of carbonyl (C=O) groups is 2. The molecule has 1 aromatic rings. The zero-order valence-electron chi connectivity index (χ0n) is 18.8. The lowest BCUT2D eigenvalue weighted by atomic mass is 9.92. The lowest BCUT2D eigenvalue weighted by Crippen LogP contribution is -2.39. The molecule has 4 rings (SSSR count). The third-order valence-electron chi connectivity index (χ3n) is 5.99. The van der Waals surface area contributed by atoms with Crippen LogP contribution in [0.4, 0.5) is 4.79 Å². The van der Waals surface area contributed by atoms with E-state index in [4.69, 9.17) is 4.74 Å². The Kier molecular flexibility index (Phi) is 7.36. The number of nitrogens with zero attached hydrogens (tertiary/aromatic N) is 1. The smallest absolute Gasteiger partial charge is 0.408 e. The first-order valence-corrected chi connectivity index (χ1v) is 11.2. The molecule has 1 saturated carbocycles. The fraction of sp³-hybridized carbons (Fsp3) is 0.542. The molecule has 2 heterocycles. The number of amides is 2. The minimum atomic E-state index is -0.493. The van der Waals surface area contributed by atoms with Gasteiger partial charge in [-0.25, -0.2) is 9.78 Å². The van der Waals surface area contributed by atoms with Gasteiger partial charge in [0.15, 0.2) is 5.82 Å². The first-order chi connectivity index (χ1) is 14.8. The van der Waals surface area contributed by atoms with Crippen molar-refractivity contribution < 1.29 is 14.3 Å². The minimum Gasteiger partial charge on any atom is -0.441 e. The third kappa shape index (κ3) is 5.66. The number of carbonyl (C=O) groups excluding carboxylic acids is 2. The van der Waals surface area contributed by atoms with Gasteiger partial charge in [-0.15, -0.1) is 0 Å². The predicted octanol–water partition coefficient (Wildman–Crippen LogP) is 2.83. The molecule has 7 nitrogen and oxygen atoms in total. The molecule has 31 heavy (non-hydrogen) atoms. The molecule has 0 aromatic carbocycles. The molecule has 7 heteroatoms. The Morgan fingerprint density at radius 1 is 1.26 bits per heavy atom. The van der Waals surface area contributed by atoms with Crippen molar-refractivity contribution in [1.82, 2.24) is 20.6 Å². The van der Waals surface area contributed by atoms with Gasteiger partial charge in [0, 0.05) is 6.04 Å². The summed E-state index contributed by atoms with van der Waals surface area (Å²) >= 11 is 0. The van der Waals surface area contributed by atoms with Crippen molar-refractivity contribution in [3.8, 4) is 0 Å².